The minimum absolute atomic E-state index is 0.0791. The summed E-state index contributed by atoms with van der Waals surface area (Å²) in [7, 11) is 0. The van der Waals surface area contributed by atoms with Crippen molar-refractivity contribution >= 4 is 23.2 Å². The highest BCUT2D eigenvalue weighted by Crippen LogP contribution is 2.35. The van der Waals surface area contributed by atoms with E-state index in [1.807, 2.05) is 13.8 Å². The maximum atomic E-state index is 12.6. The summed E-state index contributed by atoms with van der Waals surface area (Å²) >= 11 is 1.56. The summed E-state index contributed by atoms with van der Waals surface area (Å²) in [5, 5.41) is 0. The van der Waals surface area contributed by atoms with Crippen LogP contribution in [0.3, 0.4) is 0 Å². The van der Waals surface area contributed by atoms with Gasteiger partial charge in [-0.05, 0) is 26.2 Å². The van der Waals surface area contributed by atoms with Gasteiger partial charge in [-0.25, -0.2) is 0 Å². The van der Waals surface area contributed by atoms with Crippen molar-refractivity contribution in [3.8, 4) is 0 Å². The van der Waals surface area contributed by atoms with E-state index >= 15 is 0 Å². The second-order valence-corrected chi connectivity index (χ2v) is 8.98. The number of carbonyl (C=O) groups is 2. The van der Waals surface area contributed by atoms with E-state index in [0.717, 1.165) is 16.2 Å². The van der Waals surface area contributed by atoms with Gasteiger partial charge in [-0.3, -0.25) is 14.5 Å². The zero-order valence-corrected chi connectivity index (χ0v) is 17.1. The molecule has 0 aliphatic carbocycles. The van der Waals surface area contributed by atoms with E-state index in [1.54, 1.807) is 11.3 Å². The summed E-state index contributed by atoms with van der Waals surface area (Å²) in [6.45, 7) is 8.85. The van der Waals surface area contributed by atoms with Gasteiger partial charge in [0.15, 0.2) is 0 Å². The van der Waals surface area contributed by atoms with Gasteiger partial charge in [-0.15, -0.1) is 11.3 Å². The number of hydrogen-bond acceptors (Lipinski definition) is 3. The van der Waals surface area contributed by atoms with Crippen LogP contribution in [-0.4, -0.2) is 23.3 Å². The number of nitrogens with zero attached hydrogens (tertiary/aromatic N) is 1. The van der Waals surface area contributed by atoms with Crippen molar-refractivity contribution in [2.75, 3.05) is 6.54 Å². The lowest BCUT2D eigenvalue weighted by molar-refractivity contribution is 0.0629. The fourth-order valence-corrected chi connectivity index (χ4v) is 4.80. The number of aryl methyl sites for hydroxylation is 2. The lowest BCUT2D eigenvalue weighted by Gasteiger charge is -2.19. The van der Waals surface area contributed by atoms with Gasteiger partial charge in [0.05, 0.1) is 11.1 Å². The van der Waals surface area contributed by atoms with Gasteiger partial charge in [-0.1, -0.05) is 65.2 Å². The molecule has 0 radical (unpaired) electrons. The maximum absolute atomic E-state index is 12.6. The molecule has 0 fully saturated rings. The third-order valence-corrected chi connectivity index (χ3v) is 6.24. The van der Waals surface area contributed by atoms with Gasteiger partial charge in [0.25, 0.3) is 11.8 Å². The highest BCUT2D eigenvalue weighted by Gasteiger charge is 2.39. The van der Waals surface area contributed by atoms with Gasteiger partial charge in [0.2, 0.25) is 0 Å². The molecule has 3 nitrogen and oxygen atoms in total. The topological polar surface area (TPSA) is 37.4 Å². The molecular weight excluding hydrogens is 330 g/mol. The quantitative estimate of drug-likeness (QED) is 0.350. The number of amides is 2. The number of fused-ring (bicyclic) bond motifs is 1. The first-order valence-corrected chi connectivity index (χ1v) is 10.7. The molecule has 1 aliphatic heterocycles. The Kier molecular flexibility index (Phi) is 7.67. The van der Waals surface area contributed by atoms with Crippen LogP contribution in [0.2, 0.25) is 0 Å². The first-order chi connectivity index (χ1) is 12.0. The van der Waals surface area contributed by atoms with E-state index in [9.17, 15) is 9.59 Å². The van der Waals surface area contributed by atoms with E-state index in [2.05, 4.69) is 13.8 Å². The monoisotopic (exact) mass is 363 g/mol. The van der Waals surface area contributed by atoms with Crippen molar-refractivity contribution in [2.24, 2.45) is 5.92 Å². The minimum atomic E-state index is -0.0791. The summed E-state index contributed by atoms with van der Waals surface area (Å²) in [6, 6.07) is 0. The molecule has 0 N–H and O–H groups in total. The standard InChI is InChI=1S/C21H33NO2S/c1-5-6-7-8-9-10-11-12-13-15(2)14-22-20(23)18-16(3)25-17(4)19(18)21(22)24/h15H,5-14H2,1-4H3. The average molecular weight is 364 g/mol. The molecule has 2 amide bonds. The number of carbonyl (C=O) groups excluding carboxylic acids is 2. The fourth-order valence-electron chi connectivity index (χ4n) is 3.76. The fraction of sp³-hybridized carbons (Fsp3) is 0.714. The lowest BCUT2D eigenvalue weighted by atomic mass is 10.0. The average Bonchev–Trinajstić information content (AvgIpc) is 3.00. The molecule has 140 valence electrons. The summed E-state index contributed by atoms with van der Waals surface area (Å²) in [5.41, 5.74) is 1.32. The Labute approximate surface area is 156 Å². The zero-order valence-electron chi connectivity index (χ0n) is 16.3. The second-order valence-electron chi connectivity index (χ2n) is 7.55. The van der Waals surface area contributed by atoms with E-state index in [4.69, 9.17) is 0 Å². The van der Waals surface area contributed by atoms with Gasteiger partial charge in [-0.2, -0.15) is 0 Å². The summed E-state index contributed by atoms with van der Waals surface area (Å²) in [6.07, 6.45) is 11.6. The number of unbranched alkanes of at least 4 members (excludes halogenated alkanes) is 7. The molecular formula is C21H33NO2S. The molecule has 4 heteroatoms. The lowest BCUT2D eigenvalue weighted by Crippen LogP contribution is -2.34. The molecule has 2 rings (SSSR count). The predicted molar refractivity (Wildman–Crippen MR) is 106 cm³/mol. The van der Waals surface area contributed by atoms with Gasteiger partial charge in [0.1, 0.15) is 0 Å². The van der Waals surface area contributed by atoms with E-state index in [0.29, 0.717) is 23.6 Å². The smallest absolute Gasteiger partial charge is 0.262 e. The van der Waals surface area contributed by atoms with E-state index < -0.39 is 0 Å². The summed E-state index contributed by atoms with van der Waals surface area (Å²) < 4.78 is 0. The largest absolute Gasteiger partial charge is 0.274 e. The Hall–Kier alpha value is -1.16. The Morgan fingerprint density at radius 2 is 1.32 bits per heavy atom. The van der Waals surface area contributed by atoms with Crippen LogP contribution in [0, 0.1) is 19.8 Å². The summed E-state index contributed by atoms with van der Waals surface area (Å²) in [5.74, 6) is 0.218. The van der Waals surface area contributed by atoms with E-state index in [-0.39, 0.29) is 11.8 Å². The molecule has 0 spiro atoms. The maximum Gasteiger partial charge on any atom is 0.262 e. The van der Waals surface area contributed by atoms with Crippen LogP contribution in [0.25, 0.3) is 0 Å². The van der Waals surface area contributed by atoms with Crippen LogP contribution in [-0.2, 0) is 0 Å². The van der Waals surface area contributed by atoms with Crippen LogP contribution in [0.5, 0.6) is 0 Å². The Morgan fingerprint density at radius 3 is 1.84 bits per heavy atom. The number of hydrogen-bond donors (Lipinski definition) is 0. The van der Waals surface area contributed by atoms with Crippen LogP contribution in [0.1, 0.15) is 102 Å². The third-order valence-electron chi connectivity index (χ3n) is 5.22. The molecule has 0 saturated heterocycles. The zero-order chi connectivity index (χ0) is 18.4. The Morgan fingerprint density at radius 1 is 0.840 bits per heavy atom. The highest BCUT2D eigenvalue weighted by atomic mass is 32.1. The first-order valence-electron chi connectivity index (χ1n) is 9.93. The molecule has 1 unspecified atom stereocenters. The number of rotatable bonds is 11. The normalized spacial score (nSPS) is 15.1. The Bertz CT molecular complexity index is 569. The van der Waals surface area contributed by atoms with Crippen molar-refractivity contribution in [3.63, 3.8) is 0 Å². The highest BCUT2D eigenvalue weighted by molar-refractivity contribution is 7.12. The van der Waals surface area contributed by atoms with Gasteiger partial charge >= 0.3 is 0 Å². The van der Waals surface area contributed by atoms with Gasteiger partial charge < -0.3 is 0 Å². The molecule has 1 aromatic rings. The molecule has 1 atom stereocenters. The molecule has 1 aliphatic rings. The number of thiophene rings is 1. The van der Waals surface area contributed by atoms with Crippen LogP contribution in [0.15, 0.2) is 0 Å². The van der Waals surface area contributed by atoms with Crippen LogP contribution < -0.4 is 0 Å². The van der Waals surface area contributed by atoms with Crippen LogP contribution in [0.4, 0.5) is 0 Å². The third kappa shape index (κ3) is 4.93. The van der Waals surface area contributed by atoms with Gasteiger partial charge in [0, 0.05) is 16.3 Å². The van der Waals surface area contributed by atoms with Crippen molar-refractivity contribution in [1.29, 1.82) is 0 Å². The molecule has 25 heavy (non-hydrogen) atoms. The van der Waals surface area contributed by atoms with Crippen molar-refractivity contribution in [3.05, 3.63) is 20.9 Å². The minimum Gasteiger partial charge on any atom is -0.274 e. The summed E-state index contributed by atoms with van der Waals surface area (Å²) in [4.78, 5) is 28.6. The van der Waals surface area contributed by atoms with E-state index in [1.165, 1.54) is 56.3 Å². The molecule has 2 heterocycles. The second kappa shape index (κ2) is 9.51. The van der Waals surface area contributed by atoms with Crippen molar-refractivity contribution in [1.82, 2.24) is 4.90 Å². The SMILES string of the molecule is CCCCCCCCCCC(C)CN1C(=O)c2c(C)sc(C)c2C1=O. The first kappa shape index (κ1) is 20.2. The molecule has 1 aromatic heterocycles. The van der Waals surface area contributed by atoms with Crippen molar-refractivity contribution < 1.29 is 9.59 Å². The van der Waals surface area contributed by atoms with Crippen LogP contribution >= 0.6 is 11.3 Å². The van der Waals surface area contributed by atoms with Crippen molar-refractivity contribution in [2.45, 2.75) is 85.5 Å². The molecule has 0 bridgehead atoms. The molecule has 0 saturated carbocycles. The Balaban J connectivity index is 1.71. The predicted octanol–water partition coefficient (Wildman–Crippen LogP) is 6.13. The molecule has 0 aromatic carbocycles. The number of imide groups is 1.